The zero-order chi connectivity index (χ0) is 23.6. The van der Waals surface area contributed by atoms with Gasteiger partial charge in [0.05, 0.1) is 12.6 Å². The second kappa shape index (κ2) is 12.8. The number of rotatable bonds is 13. The number of carboxylic acid groups (broad SMARTS) is 1. The number of primary amides is 1. The van der Waals surface area contributed by atoms with E-state index in [4.69, 9.17) is 15.9 Å². The van der Waals surface area contributed by atoms with Crippen LogP contribution < -0.4 is 27.0 Å². The lowest BCUT2D eigenvalue weighted by Crippen LogP contribution is -2.58. The van der Waals surface area contributed by atoms with Gasteiger partial charge in [-0.15, -0.1) is 0 Å². The molecule has 12 nitrogen and oxygen atoms in total. The summed E-state index contributed by atoms with van der Waals surface area (Å²) >= 11 is 0. The Morgan fingerprint density at radius 2 is 1.74 bits per heavy atom. The fourth-order valence-electron chi connectivity index (χ4n) is 3.14. The van der Waals surface area contributed by atoms with E-state index in [2.05, 4.69) is 21.3 Å². The third-order valence-electron chi connectivity index (χ3n) is 5.28. The van der Waals surface area contributed by atoms with Crippen molar-refractivity contribution < 1.29 is 34.2 Å². The summed E-state index contributed by atoms with van der Waals surface area (Å²) in [5.41, 5.74) is 5.13. The van der Waals surface area contributed by atoms with Gasteiger partial charge in [0.2, 0.25) is 23.6 Å². The number of nitrogens with one attached hydrogen (secondary N) is 4. The van der Waals surface area contributed by atoms with Gasteiger partial charge in [-0.3, -0.25) is 19.2 Å². The molecule has 5 atom stereocenters. The second-order valence-electron chi connectivity index (χ2n) is 7.67. The summed E-state index contributed by atoms with van der Waals surface area (Å²) in [5.74, 6) is -4.26. The van der Waals surface area contributed by atoms with Crippen molar-refractivity contribution in [1.29, 1.82) is 0 Å². The van der Waals surface area contributed by atoms with Crippen LogP contribution in [-0.4, -0.2) is 77.1 Å². The van der Waals surface area contributed by atoms with Gasteiger partial charge in [0, 0.05) is 6.42 Å². The maximum Gasteiger partial charge on any atom is 0.328 e. The molecule has 1 heterocycles. The molecule has 0 spiro atoms. The topological polar surface area (TPSA) is 200 Å². The van der Waals surface area contributed by atoms with Crippen LogP contribution in [0, 0.1) is 5.92 Å². The normalized spacial score (nSPS) is 19.5. The van der Waals surface area contributed by atoms with Gasteiger partial charge >= 0.3 is 5.97 Å². The minimum atomic E-state index is -1.57. The average molecular weight is 444 g/mol. The van der Waals surface area contributed by atoms with E-state index in [0.29, 0.717) is 19.4 Å². The number of aliphatic hydroxyl groups excluding tert-OH is 1. The summed E-state index contributed by atoms with van der Waals surface area (Å²) in [6.07, 6.45) is 1.67. The van der Waals surface area contributed by atoms with E-state index in [1.54, 1.807) is 6.92 Å². The van der Waals surface area contributed by atoms with E-state index >= 15 is 0 Å². The first-order chi connectivity index (χ1) is 14.6. The van der Waals surface area contributed by atoms with Crippen LogP contribution in [0.15, 0.2) is 0 Å². The maximum absolute atomic E-state index is 12.9. The summed E-state index contributed by atoms with van der Waals surface area (Å²) in [6, 6.07) is -4.17. The third kappa shape index (κ3) is 8.50. The van der Waals surface area contributed by atoms with Crippen LogP contribution in [0.2, 0.25) is 0 Å². The van der Waals surface area contributed by atoms with E-state index in [-0.39, 0.29) is 24.7 Å². The lowest BCUT2D eigenvalue weighted by Gasteiger charge is -2.27. The first-order valence-electron chi connectivity index (χ1n) is 10.4. The predicted octanol–water partition coefficient (Wildman–Crippen LogP) is -2.42. The first-order valence-corrected chi connectivity index (χ1v) is 10.4. The molecule has 0 radical (unpaired) electrons. The van der Waals surface area contributed by atoms with Crippen LogP contribution >= 0.6 is 0 Å². The van der Waals surface area contributed by atoms with Crippen molar-refractivity contribution in [2.24, 2.45) is 11.7 Å². The maximum atomic E-state index is 12.9. The number of hydrogen-bond donors (Lipinski definition) is 7. The van der Waals surface area contributed by atoms with E-state index in [9.17, 15) is 24.0 Å². The highest BCUT2D eigenvalue weighted by Crippen LogP contribution is 2.12. The number of carbonyl (C=O) groups excluding carboxylic acids is 4. The van der Waals surface area contributed by atoms with Gasteiger partial charge < -0.3 is 37.2 Å². The zero-order valence-electron chi connectivity index (χ0n) is 17.8. The van der Waals surface area contributed by atoms with Crippen LogP contribution in [0.1, 0.15) is 46.0 Å². The number of amides is 4. The molecule has 0 aromatic carbocycles. The molecule has 176 valence electrons. The van der Waals surface area contributed by atoms with Gasteiger partial charge in [-0.25, -0.2) is 4.79 Å². The van der Waals surface area contributed by atoms with Gasteiger partial charge in [-0.1, -0.05) is 20.3 Å². The van der Waals surface area contributed by atoms with Crippen molar-refractivity contribution in [3.05, 3.63) is 0 Å². The molecule has 0 unspecified atom stereocenters. The standard InChI is InChI=1S/C19H33N5O7/c1-3-10(2)15(24-16(27)11-5-4-8-21-11)18(29)22-12(6-7-14(20)26)17(28)23-13(9-25)19(30)31/h10-13,15,21,25H,3-9H2,1-2H3,(H2,20,26)(H,22,29)(H,23,28)(H,24,27)(H,30,31)/t10-,11-,12-,13-,15-/m0/s1. The summed E-state index contributed by atoms with van der Waals surface area (Å²) in [7, 11) is 0. The number of hydrogen-bond acceptors (Lipinski definition) is 7. The Morgan fingerprint density at radius 3 is 2.23 bits per heavy atom. The van der Waals surface area contributed by atoms with Crippen molar-refractivity contribution in [2.45, 2.75) is 70.1 Å². The van der Waals surface area contributed by atoms with Gasteiger partial charge in [0.15, 0.2) is 0 Å². The predicted molar refractivity (Wildman–Crippen MR) is 109 cm³/mol. The molecule has 8 N–H and O–H groups in total. The Hall–Kier alpha value is -2.73. The number of carbonyl (C=O) groups is 5. The van der Waals surface area contributed by atoms with Gasteiger partial charge in [-0.05, 0) is 31.7 Å². The number of aliphatic carboxylic acids is 1. The molecular weight excluding hydrogens is 410 g/mol. The summed E-state index contributed by atoms with van der Waals surface area (Å²) in [5, 5.41) is 28.5. The van der Waals surface area contributed by atoms with Crippen molar-refractivity contribution in [3.63, 3.8) is 0 Å². The van der Waals surface area contributed by atoms with Crippen LogP contribution in [-0.2, 0) is 24.0 Å². The summed E-state index contributed by atoms with van der Waals surface area (Å²) in [6.45, 7) is 3.49. The Bertz CT molecular complexity index is 666. The molecule has 0 aromatic rings. The largest absolute Gasteiger partial charge is 0.480 e. The Morgan fingerprint density at radius 1 is 1.10 bits per heavy atom. The molecule has 1 aliphatic rings. The SMILES string of the molecule is CC[C@H](C)[C@H](NC(=O)[C@@H]1CCCN1)C(=O)N[C@@H](CCC(N)=O)C(=O)N[C@@H](CO)C(=O)O. The quantitative estimate of drug-likeness (QED) is 0.163. The highest BCUT2D eigenvalue weighted by Gasteiger charge is 2.33. The van der Waals surface area contributed by atoms with E-state index in [1.165, 1.54) is 0 Å². The van der Waals surface area contributed by atoms with Gasteiger partial charge in [0.25, 0.3) is 0 Å². The van der Waals surface area contributed by atoms with Crippen molar-refractivity contribution in [3.8, 4) is 0 Å². The van der Waals surface area contributed by atoms with Crippen molar-refractivity contribution >= 4 is 29.6 Å². The Kier molecular flexibility index (Phi) is 10.9. The molecule has 31 heavy (non-hydrogen) atoms. The zero-order valence-corrected chi connectivity index (χ0v) is 17.8. The lowest BCUT2D eigenvalue weighted by atomic mass is 9.97. The molecule has 4 amide bonds. The molecule has 1 aliphatic heterocycles. The molecule has 1 saturated heterocycles. The van der Waals surface area contributed by atoms with Crippen molar-refractivity contribution in [2.75, 3.05) is 13.2 Å². The van der Waals surface area contributed by atoms with Crippen LogP contribution in [0.4, 0.5) is 0 Å². The highest BCUT2D eigenvalue weighted by molar-refractivity contribution is 5.94. The van der Waals surface area contributed by atoms with Crippen molar-refractivity contribution in [1.82, 2.24) is 21.3 Å². The summed E-state index contributed by atoms with van der Waals surface area (Å²) < 4.78 is 0. The molecule has 12 heteroatoms. The average Bonchev–Trinajstić information content (AvgIpc) is 3.26. The third-order valence-corrected chi connectivity index (χ3v) is 5.28. The highest BCUT2D eigenvalue weighted by atomic mass is 16.4. The van der Waals surface area contributed by atoms with E-state index in [0.717, 1.165) is 6.42 Å². The Labute approximate surface area is 180 Å². The number of nitrogens with two attached hydrogens (primary N) is 1. The second-order valence-corrected chi connectivity index (χ2v) is 7.67. The molecular formula is C19H33N5O7. The molecule has 0 aromatic heterocycles. The molecule has 0 saturated carbocycles. The monoisotopic (exact) mass is 443 g/mol. The number of aliphatic hydroxyl groups is 1. The lowest BCUT2D eigenvalue weighted by molar-refractivity contribution is -0.143. The minimum Gasteiger partial charge on any atom is -0.480 e. The minimum absolute atomic E-state index is 0.171. The van der Waals surface area contributed by atoms with E-state index < -0.39 is 54.5 Å². The fourth-order valence-corrected chi connectivity index (χ4v) is 3.14. The molecule has 1 rings (SSSR count). The molecule has 0 bridgehead atoms. The van der Waals surface area contributed by atoms with Crippen LogP contribution in [0.3, 0.4) is 0 Å². The smallest absolute Gasteiger partial charge is 0.328 e. The van der Waals surface area contributed by atoms with E-state index in [1.807, 2.05) is 6.92 Å². The van der Waals surface area contributed by atoms with Crippen LogP contribution in [0.25, 0.3) is 0 Å². The fraction of sp³-hybridized carbons (Fsp3) is 0.737. The molecule has 1 fully saturated rings. The van der Waals surface area contributed by atoms with Gasteiger partial charge in [-0.2, -0.15) is 0 Å². The molecule has 0 aliphatic carbocycles. The van der Waals surface area contributed by atoms with Gasteiger partial charge in [0.1, 0.15) is 18.1 Å². The Balaban J connectivity index is 2.93. The first kappa shape index (κ1) is 26.3. The van der Waals surface area contributed by atoms with Crippen LogP contribution in [0.5, 0.6) is 0 Å². The summed E-state index contributed by atoms with van der Waals surface area (Å²) in [4.78, 5) is 60.2. The number of carboxylic acids is 1.